The Bertz CT molecular complexity index is 621. The van der Waals surface area contributed by atoms with E-state index in [1.807, 2.05) is 12.1 Å². The Hall–Kier alpha value is -2.28. The molecular formula is C18H25NO6. The number of benzene rings is 1. The smallest absolute Gasteiger partial charge is 0.408 e. The van der Waals surface area contributed by atoms with Gasteiger partial charge in [0.2, 0.25) is 0 Å². The summed E-state index contributed by atoms with van der Waals surface area (Å²) in [6.45, 7) is 4.88. The third-order valence-electron chi connectivity index (χ3n) is 3.84. The number of alkyl carbamates (subject to hydrolysis) is 1. The van der Waals surface area contributed by atoms with Gasteiger partial charge in [0, 0.05) is 12.8 Å². The number of carbonyl (C=O) groups excluding carboxylic acids is 2. The van der Waals surface area contributed by atoms with Crippen molar-refractivity contribution >= 4 is 12.1 Å². The highest BCUT2D eigenvalue weighted by atomic mass is 16.6. The average molecular weight is 351 g/mol. The van der Waals surface area contributed by atoms with Gasteiger partial charge in [-0.2, -0.15) is 0 Å². The molecule has 1 aromatic carbocycles. The Labute approximate surface area is 147 Å². The summed E-state index contributed by atoms with van der Waals surface area (Å²) in [7, 11) is 1.58. The van der Waals surface area contributed by atoms with Gasteiger partial charge in [-0.15, -0.1) is 0 Å². The molecule has 1 aromatic rings. The number of rotatable bonds is 5. The molecule has 1 saturated heterocycles. The Morgan fingerprint density at radius 3 is 2.52 bits per heavy atom. The minimum Gasteiger partial charge on any atom is -0.497 e. The summed E-state index contributed by atoms with van der Waals surface area (Å²) in [5.74, 6) is 0.142. The maximum atomic E-state index is 12.1. The van der Waals surface area contributed by atoms with E-state index in [1.165, 1.54) is 0 Å². The van der Waals surface area contributed by atoms with Crippen LogP contribution in [0.4, 0.5) is 4.79 Å². The number of aliphatic hydroxyl groups is 1. The number of nitrogens with one attached hydrogen (secondary N) is 1. The maximum Gasteiger partial charge on any atom is 0.408 e. The molecule has 1 amide bonds. The third kappa shape index (κ3) is 5.09. The largest absolute Gasteiger partial charge is 0.497 e. The van der Waals surface area contributed by atoms with Gasteiger partial charge in [-0.1, -0.05) is 12.1 Å². The summed E-state index contributed by atoms with van der Waals surface area (Å²) in [4.78, 5) is 24.0. The molecule has 0 aliphatic carbocycles. The Morgan fingerprint density at radius 2 is 2.00 bits per heavy atom. The molecule has 0 unspecified atom stereocenters. The van der Waals surface area contributed by atoms with E-state index in [2.05, 4.69) is 5.32 Å². The molecule has 138 valence electrons. The molecule has 7 heteroatoms. The van der Waals surface area contributed by atoms with Crippen molar-refractivity contribution in [2.75, 3.05) is 13.7 Å². The van der Waals surface area contributed by atoms with Crippen molar-refractivity contribution in [1.82, 2.24) is 5.32 Å². The predicted octanol–water partition coefficient (Wildman–Crippen LogP) is 1.81. The molecule has 1 aliphatic rings. The molecule has 0 aromatic heterocycles. The van der Waals surface area contributed by atoms with Crippen molar-refractivity contribution in [1.29, 1.82) is 0 Å². The molecule has 1 aliphatic heterocycles. The summed E-state index contributed by atoms with van der Waals surface area (Å²) in [5.41, 5.74) is -0.838. The second-order valence-corrected chi connectivity index (χ2v) is 7.19. The topological polar surface area (TPSA) is 94.1 Å². The highest BCUT2D eigenvalue weighted by Gasteiger charge is 2.47. The maximum absolute atomic E-state index is 12.1. The van der Waals surface area contributed by atoms with Gasteiger partial charge in [0.25, 0.3) is 0 Å². The van der Waals surface area contributed by atoms with Crippen LogP contribution in [-0.4, -0.2) is 48.1 Å². The standard InChI is InChI=1S/C18H25NO6/c1-17(2,3)25-16(22)19-14-10-18(11-20,24-15(14)21)9-12-5-7-13(23-4)8-6-12/h5-8,14,20H,9-11H2,1-4H3,(H,19,22)/t14-,18-/m0/s1. The fourth-order valence-electron chi connectivity index (χ4n) is 2.72. The third-order valence-corrected chi connectivity index (χ3v) is 3.84. The van der Waals surface area contributed by atoms with Gasteiger partial charge in [-0.05, 0) is 38.5 Å². The first-order chi connectivity index (χ1) is 11.7. The van der Waals surface area contributed by atoms with Crippen LogP contribution in [0.25, 0.3) is 0 Å². The SMILES string of the molecule is COc1ccc(C[C@@]2(CO)C[C@H](NC(=O)OC(C)(C)C)C(=O)O2)cc1. The van der Waals surface area contributed by atoms with Crippen molar-refractivity contribution in [3.8, 4) is 5.75 Å². The molecule has 1 fully saturated rings. The average Bonchev–Trinajstić information content (AvgIpc) is 2.82. The van der Waals surface area contributed by atoms with E-state index in [9.17, 15) is 14.7 Å². The van der Waals surface area contributed by atoms with Crippen LogP contribution in [0.5, 0.6) is 5.75 Å². The van der Waals surface area contributed by atoms with Crippen LogP contribution in [0.2, 0.25) is 0 Å². The van der Waals surface area contributed by atoms with Crippen LogP contribution in [-0.2, 0) is 20.7 Å². The fraction of sp³-hybridized carbons (Fsp3) is 0.556. The highest BCUT2D eigenvalue weighted by Crippen LogP contribution is 2.31. The van der Waals surface area contributed by atoms with Gasteiger partial charge in [-0.3, -0.25) is 0 Å². The van der Waals surface area contributed by atoms with Crippen molar-refractivity contribution in [2.24, 2.45) is 0 Å². The number of methoxy groups -OCH3 is 1. The zero-order valence-electron chi connectivity index (χ0n) is 15.0. The van der Waals surface area contributed by atoms with Crippen LogP contribution in [0, 0.1) is 0 Å². The molecule has 2 rings (SSSR count). The number of cyclic esters (lactones) is 1. The van der Waals surface area contributed by atoms with E-state index in [4.69, 9.17) is 14.2 Å². The number of hydrogen-bond acceptors (Lipinski definition) is 6. The van der Waals surface area contributed by atoms with E-state index >= 15 is 0 Å². The minimum atomic E-state index is -1.06. The first-order valence-electron chi connectivity index (χ1n) is 8.12. The van der Waals surface area contributed by atoms with Gasteiger partial charge in [-0.25, -0.2) is 9.59 Å². The number of aliphatic hydroxyl groups excluding tert-OH is 1. The molecule has 7 nitrogen and oxygen atoms in total. The van der Waals surface area contributed by atoms with E-state index in [0.717, 1.165) is 11.3 Å². The molecule has 1 heterocycles. The summed E-state index contributed by atoms with van der Waals surface area (Å²) in [5, 5.41) is 12.3. The van der Waals surface area contributed by atoms with Crippen LogP contribution < -0.4 is 10.1 Å². The first-order valence-corrected chi connectivity index (χ1v) is 8.12. The van der Waals surface area contributed by atoms with Crippen LogP contribution in [0.3, 0.4) is 0 Å². The number of esters is 1. The van der Waals surface area contributed by atoms with E-state index in [1.54, 1.807) is 40.0 Å². The number of ether oxygens (including phenoxy) is 3. The van der Waals surface area contributed by atoms with Gasteiger partial charge >= 0.3 is 12.1 Å². The second kappa shape index (κ2) is 7.31. The van der Waals surface area contributed by atoms with E-state index < -0.39 is 29.3 Å². The molecule has 0 radical (unpaired) electrons. The summed E-state index contributed by atoms with van der Waals surface area (Å²) in [6, 6.07) is 6.44. The zero-order chi connectivity index (χ0) is 18.7. The Kier molecular flexibility index (Phi) is 5.57. The summed E-state index contributed by atoms with van der Waals surface area (Å²) in [6.07, 6.45) is -0.174. The molecule has 25 heavy (non-hydrogen) atoms. The number of carbonyl (C=O) groups is 2. The van der Waals surface area contributed by atoms with Crippen LogP contribution >= 0.6 is 0 Å². The van der Waals surface area contributed by atoms with Gasteiger partial charge in [0.1, 0.15) is 23.0 Å². The van der Waals surface area contributed by atoms with Gasteiger partial charge < -0.3 is 24.6 Å². The van der Waals surface area contributed by atoms with E-state index in [0.29, 0.717) is 6.42 Å². The number of hydrogen-bond donors (Lipinski definition) is 2. The quantitative estimate of drug-likeness (QED) is 0.786. The van der Waals surface area contributed by atoms with E-state index in [-0.39, 0.29) is 13.0 Å². The molecule has 0 bridgehead atoms. The monoisotopic (exact) mass is 351 g/mol. The highest BCUT2D eigenvalue weighted by molar-refractivity contribution is 5.83. The summed E-state index contributed by atoms with van der Waals surface area (Å²) < 4.78 is 15.7. The second-order valence-electron chi connectivity index (χ2n) is 7.19. The predicted molar refractivity (Wildman–Crippen MR) is 90.4 cm³/mol. The Balaban J connectivity index is 2.04. The summed E-state index contributed by atoms with van der Waals surface area (Å²) >= 11 is 0. The van der Waals surface area contributed by atoms with Crippen molar-refractivity contribution in [3.63, 3.8) is 0 Å². The lowest BCUT2D eigenvalue weighted by Gasteiger charge is -2.25. The van der Waals surface area contributed by atoms with Crippen molar-refractivity contribution < 1.29 is 28.9 Å². The molecule has 2 N–H and O–H groups in total. The fourth-order valence-corrected chi connectivity index (χ4v) is 2.72. The van der Waals surface area contributed by atoms with Crippen LogP contribution in [0.1, 0.15) is 32.8 Å². The lowest BCUT2D eigenvalue weighted by Crippen LogP contribution is -2.42. The molecule has 0 spiro atoms. The minimum absolute atomic E-state index is 0.174. The number of amides is 1. The lowest BCUT2D eigenvalue weighted by atomic mass is 9.91. The van der Waals surface area contributed by atoms with Crippen LogP contribution in [0.15, 0.2) is 24.3 Å². The zero-order valence-corrected chi connectivity index (χ0v) is 15.0. The van der Waals surface area contributed by atoms with Crippen molar-refractivity contribution in [2.45, 2.75) is 50.9 Å². The molecular weight excluding hydrogens is 326 g/mol. The Morgan fingerprint density at radius 1 is 1.36 bits per heavy atom. The molecule has 0 saturated carbocycles. The van der Waals surface area contributed by atoms with Gasteiger partial charge in [0.15, 0.2) is 0 Å². The normalized spacial score (nSPS) is 23.1. The first kappa shape index (κ1) is 19.1. The molecule has 2 atom stereocenters. The van der Waals surface area contributed by atoms with Gasteiger partial charge in [0.05, 0.1) is 13.7 Å². The van der Waals surface area contributed by atoms with Crippen molar-refractivity contribution in [3.05, 3.63) is 29.8 Å². The lowest BCUT2D eigenvalue weighted by molar-refractivity contribution is -0.152.